The lowest BCUT2D eigenvalue weighted by molar-refractivity contribution is 0.0991. The molecule has 0 fully saturated rings. The minimum absolute atomic E-state index is 0.0895. The second-order valence-electron chi connectivity index (χ2n) is 6.45. The SMILES string of the molecule is CCn1ccc(N2C(=O)c3ccc(-c4cnc(OC)c(OC)c4)nc3[C@@H]2C)n1. The number of amides is 1. The molecule has 1 aliphatic rings. The van der Waals surface area contributed by atoms with Crippen molar-refractivity contribution in [2.45, 2.75) is 26.4 Å². The van der Waals surface area contributed by atoms with Crippen LogP contribution in [0.4, 0.5) is 5.82 Å². The van der Waals surface area contributed by atoms with Gasteiger partial charge in [0.1, 0.15) is 0 Å². The summed E-state index contributed by atoms with van der Waals surface area (Å²) < 4.78 is 12.3. The van der Waals surface area contributed by atoms with E-state index >= 15 is 0 Å². The number of ether oxygens (including phenoxy) is 2. The summed E-state index contributed by atoms with van der Waals surface area (Å²) in [5, 5.41) is 4.47. The molecule has 1 aliphatic heterocycles. The van der Waals surface area contributed by atoms with Crippen molar-refractivity contribution < 1.29 is 14.3 Å². The minimum Gasteiger partial charge on any atom is -0.491 e. The average molecular weight is 379 g/mol. The fourth-order valence-electron chi connectivity index (χ4n) is 3.39. The molecule has 4 rings (SSSR count). The fourth-order valence-corrected chi connectivity index (χ4v) is 3.39. The van der Waals surface area contributed by atoms with Crippen LogP contribution in [-0.4, -0.2) is 39.9 Å². The number of aryl methyl sites for hydroxylation is 1. The van der Waals surface area contributed by atoms with Crippen molar-refractivity contribution in [3.8, 4) is 22.9 Å². The molecule has 28 heavy (non-hydrogen) atoms. The molecule has 0 unspecified atom stereocenters. The zero-order chi connectivity index (χ0) is 19.8. The Labute approximate surface area is 162 Å². The largest absolute Gasteiger partial charge is 0.491 e. The smallest absolute Gasteiger partial charge is 0.262 e. The normalized spacial score (nSPS) is 15.6. The number of nitrogens with zero attached hydrogens (tertiary/aromatic N) is 5. The number of hydrogen-bond donors (Lipinski definition) is 0. The maximum absolute atomic E-state index is 12.9. The first-order valence-electron chi connectivity index (χ1n) is 9.03. The van der Waals surface area contributed by atoms with E-state index < -0.39 is 0 Å². The van der Waals surface area contributed by atoms with E-state index in [4.69, 9.17) is 14.5 Å². The monoisotopic (exact) mass is 379 g/mol. The Kier molecular flexibility index (Phi) is 4.46. The second kappa shape index (κ2) is 6.95. The van der Waals surface area contributed by atoms with Crippen LogP contribution in [0.25, 0.3) is 11.3 Å². The van der Waals surface area contributed by atoms with Crippen LogP contribution in [0.2, 0.25) is 0 Å². The number of anilines is 1. The summed E-state index contributed by atoms with van der Waals surface area (Å²) in [6, 6.07) is 7.09. The van der Waals surface area contributed by atoms with Gasteiger partial charge in [-0.05, 0) is 32.0 Å². The molecule has 1 amide bonds. The molecule has 0 N–H and O–H groups in total. The van der Waals surface area contributed by atoms with Crippen molar-refractivity contribution in [3.63, 3.8) is 0 Å². The van der Waals surface area contributed by atoms with Crippen LogP contribution < -0.4 is 14.4 Å². The number of rotatable bonds is 5. The first kappa shape index (κ1) is 18.0. The number of carbonyl (C=O) groups is 1. The zero-order valence-electron chi connectivity index (χ0n) is 16.2. The van der Waals surface area contributed by atoms with E-state index in [-0.39, 0.29) is 11.9 Å². The summed E-state index contributed by atoms with van der Waals surface area (Å²) in [5.74, 6) is 1.48. The lowest BCUT2D eigenvalue weighted by Gasteiger charge is -2.18. The van der Waals surface area contributed by atoms with Gasteiger partial charge in [0, 0.05) is 30.6 Å². The molecule has 3 aromatic heterocycles. The van der Waals surface area contributed by atoms with Crippen molar-refractivity contribution in [2.75, 3.05) is 19.1 Å². The molecule has 0 spiro atoms. The van der Waals surface area contributed by atoms with E-state index in [0.29, 0.717) is 28.7 Å². The summed E-state index contributed by atoms with van der Waals surface area (Å²) in [6.07, 6.45) is 3.55. The number of hydrogen-bond acceptors (Lipinski definition) is 6. The molecular formula is C20H21N5O3. The van der Waals surface area contributed by atoms with Crippen LogP contribution in [0, 0.1) is 0 Å². The van der Waals surface area contributed by atoms with Gasteiger partial charge in [0.05, 0.1) is 37.2 Å². The molecule has 4 heterocycles. The van der Waals surface area contributed by atoms with Crippen LogP contribution in [0.15, 0.2) is 36.7 Å². The summed E-state index contributed by atoms with van der Waals surface area (Å²) in [7, 11) is 3.10. The van der Waals surface area contributed by atoms with Crippen LogP contribution >= 0.6 is 0 Å². The van der Waals surface area contributed by atoms with Gasteiger partial charge in [0.25, 0.3) is 11.8 Å². The molecule has 8 nitrogen and oxygen atoms in total. The molecule has 0 bridgehead atoms. The maximum Gasteiger partial charge on any atom is 0.262 e. The van der Waals surface area contributed by atoms with E-state index in [2.05, 4.69) is 10.1 Å². The van der Waals surface area contributed by atoms with E-state index in [1.54, 1.807) is 30.0 Å². The van der Waals surface area contributed by atoms with Crippen molar-refractivity contribution in [1.82, 2.24) is 19.7 Å². The minimum atomic E-state index is -0.212. The van der Waals surface area contributed by atoms with Crippen molar-refractivity contribution in [2.24, 2.45) is 0 Å². The Balaban J connectivity index is 1.72. The Hall–Kier alpha value is -3.42. The lowest BCUT2D eigenvalue weighted by atomic mass is 10.1. The Morgan fingerprint density at radius 1 is 1.18 bits per heavy atom. The fraction of sp³-hybridized carbons (Fsp3) is 0.300. The third kappa shape index (κ3) is 2.77. The molecule has 0 aromatic carbocycles. The van der Waals surface area contributed by atoms with Crippen LogP contribution in [0.3, 0.4) is 0 Å². The standard InChI is InChI=1S/C20H21N5O3/c1-5-24-9-8-17(23-24)25-12(2)18-14(20(25)26)6-7-15(22-18)13-10-16(27-3)19(28-4)21-11-13/h6-12H,5H2,1-4H3/t12-/m0/s1. The highest BCUT2D eigenvalue weighted by Crippen LogP contribution is 2.37. The van der Waals surface area contributed by atoms with Gasteiger partial charge in [-0.2, -0.15) is 5.10 Å². The topological polar surface area (TPSA) is 82.4 Å². The summed E-state index contributed by atoms with van der Waals surface area (Å²) in [6.45, 7) is 4.71. The predicted octanol–water partition coefficient (Wildman–Crippen LogP) is 3.10. The van der Waals surface area contributed by atoms with E-state index in [9.17, 15) is 4.79 Å². The van der Waals surface area contributed by atoms with E-state index in [1.165, 1.54) is 0 Å². The summed E-state index contributed by atoms with van der Waals surface area (Å²) in [4.78, 5) is 23.6. The predicted molar refractivity (Wildman–Crippen MR) is 104 cm³/mol. The first-order valence-corrected chi connectivity index (χ1v) is 9.03. The second-order valence-corrected chi connectivity index (χ2v) is 6.45. The van der Waals surface area contributed by atoms with Crippen LogP contribution in [0.5, 0.6) is 11.6 Å². The third-order valence-electron chi connectivity index (χ3n) is 4.88. The lowest BCUT2D eigenvalue weighted by Crippen LogP contribution is -2.26. The van der Waals surface area contributed by atoms with Gasteiger partial charge in [-0.3, -0.25) is 14.4 Å². The van der Waals surface area contributed by atoms with E-state index in [0.717, 1.165) is 17.8 Å². The number of aromatic nitrogens is 4. The Morgan fingerprint density at radius 2 is 2.00 bits per heavy atom. The molecule has 0 saturated carbocycles. The third-order valence-corrected chi connectivity index (χ3v) is 4.88. The van der Waals surface area contributed by atoms with Gasteiger partial charge < -0.3 is 9.47 Å². The van der Waals surface area contributed by atoms with Crippen molar-refractivity contribution in [3.05, 3.63) is 47.9 Å². The molecule has 0 radical (unpaired) electrons. The van der Waals surface area contributed by atoms with Crippen molar-refractivity contribution >= 4 is 11.7 Å². The van der Waals surface area contributed by atoms with Gasteiger partial charge in [-0.15, -0.1) is 0 Å². The number of fused-ring (bicyclic) bond motifs is 1. The molecule has 3 aromatic rings. The zero-order valence-corrected chi connectivity index (χ0v) is 16.2. The van der Waals surface area contributed by atoms with E-state index in [1.807, 2.05) is 44.3 Å². The molecule has 0 aliphatic carbocycles. The van der Waals surface area contributed by atoms with Gasteiger partial charge in [0.15, 0.2) is 11.6 Å². The molecular weight excluding hydrogens is 358 g/mol. The summed E-state index contributed by atoms with van der Waals surface area (Å²) in [5.41, 5.74) is 2.82. The highest BCUT2D eigenvalue weighted by atomic mass is 16.5. The average Bonchev–Trinajstić information content (AvgIpc) is 3.30. The molecule has 1 atom stereocenters. The van der Waals surface area contributed by atoms with Crippen molar-refractivity contribution in [1.29, 1.82) is 0 Å². The van der Waals surface area contributed by atoms with Crippen LogP contribution in [0.1, 0.15) is 35.9 Å². The molecule has 0 saturated heterocycles. The van der Waals surface area contributed by atoms with Gasteiger partial charge >= 0.3 is 0 Å². The Morgan fingerprint density at radius 3 is 2.68 bits per heavy atom. The first-order chi connectivity index (χ1) is 13.6. The molecule has 144 valence electrons. The number of carbonyl (C=O) groups excluding carboxylic acids is 1. The van der Waals surface area contributed by atoms with Gasteiger partial charge in [-0.1, -0.05) is 0 Å². The number of pyridine rings is 2. The quantitative estimate of drug-likeness (QED) is 0.677. The highest BCUT2D eigenvalue weighted by molar-refractivity contribution is 6.10. The van der Waals surface area contributed by atoms with Crippen LogP contribution in [-0.2, 0) is 6.54 Å². The van der Waals surface area contributed by atoms with Gasteiger partial charge in [0.2, 0.25) is 0 Å². The highest BCUT2D eigenvalue weighted by Gasteiger charge is 2.37. The number of methoxy groups -OCH3 is 2. The molecule has 8 heteroatoms. The Bertz CT molecular complexity index is 1050. The van der Waals surface area contributed by atoms with Gasteiger partial charge in [-0.25, -0.2) is 9.97 Å². The summed E-state index contributed by atoms with van der Waals surface area (Å²) >= 11 is 0. The maximum atomic E-state index is 12.9.